The third-order valence-corrected chi connectivity index (χ3v) is 3.90. The molecule has 0 saturated carbocycles. The van der Waals surface area contributed by atoms with E-state index >= 15 is 0 Å². The van der Waals surface area contributed by atoms with Crippen LogP contribution in [0.15, 0.2) is 65.4 Å². The quantitative estimate of drug-likeness (QED) is 0.691. The molecule has 2 heterocycles. The van der Waals surface area contributed by atoms with Crippen LogP contribution in [0.25, 0.3) is 11.3 Å². The fourth-order valence-corrected chi connectivity index (χ4v) is 2.72. The van der Waals surface area contributed by atoms with Gasteiger partial charge in [-0.2, -0.15) is 0 Å². The maximum atomic E-state index is 5.46. The van der Waals surface area contributed by atoms with Crippen molar-refractivity contribution in [2.45, 2.75) is 19.4 Å². The van der Waals surface area contributed by atoms with Crippen molar-refractivity contribution in [2.75, 3.05) is 13.6 Å². The first kappa shape index (κ1) is 15.4. The molecule has 23 heavy (non-hydrogen) atoms. The predicted molar refractivity (Wildman–Crippen MR) is 90.9 cm³/mol. The number of aromatic nitrogens is 2. The van der Waals surface area contributed by atoms with Crippen LogP contribution in [0.3, 0.4) is 0 Å². The zero-order chi connectivity index (χ0) is 16.1. The van der Waals surface area contributed by atoms with Gasteiger partial charge in [-0.25, -0.2) is 0 Å². The molecule has 0 aliphatic carbocycles. The minimum atomic E-state index is 0.474. The Balaban J connectivity index is 1.60. The average Bonchev–Trinajstić information content (AvgIpc) is 3.04. The van der Waals surface area contributed by atoms with Gasteiger partial charge in [-0.15, -0.1) is 0 Å². The summed E-state index contributed by atoms with van der Waals surface area (Å²) in [5, 5.41) is 4.14. The van der Waals surface area contributed by atoms with Gasteiger partial charge in [0, 0.05) is 30.6 Å². The summed E-state index contributed by atoms with van der Waals surface area (Å²) in [6.45, 7) is 3.95. The number of hydrogen-bond donors (Lipinski definition) is 0. The highest BCUT2D eigenvalue weighted by molar-refractivity contribution is 5.57. The van der Waals surface area contributed by atoms with Crippen LogP contribution in [0.5, 0.6) is 0 Å². The molecule has 4 heteroatoms. The number of likely N-dealkylation sites (N-methyl/N-ethyl adjacent to an activating group) is 1. The van der Waals surface area contributed by atoms with E-state index < -0.39 is 0 Å². The zero-order valence-corrected chi connectivity index (χ0v) is 13.5. The Morgan fingerprint density at radius 3 is 2.70 bits per heavy atom. The summed E-state index contributed by atoms with van der Waals surface area (Å²) in [7, 11) is 2.10. The van der Waals surface area contributed by atoms with Crippen LogP contribution in [0.4, 0.5) is 0 Å². The lowest BCUT2D eigenvalue weighted by Gasteiger charge is -2.20. The Hall–Kier alpha value is -2.46. The third-order valence-electron chi connectivity index (χ3n) is 3.90. The Labute approximate surface area is 136 Å². The van der Waals surface area contributed by atoms with E-state index in [1.54, 1.807) is 12.4 Å². The molecular formula is C19H21N3O. The molecule has 0 saturated heterocycles. The minimum Gasteiger partial charge on any atom is -0.359 e. The largest absolute Gasteiger partial charge is 0.359 e. The van der Waals surface area contributed by atoms with Crippen molar-refractivity contribution in [3.05, 3.63) is 72.2 Å². The van der Waals surface area contributed by atoms with Crippen molar-refractivity contribution < 1.29 is 4.52 Å². The molecule has 0 bridgehead atoms. The van der Waals surface area contributed by atoms with Gasteiger partial charge in [-0.05, 0) is 30.7 Å². The second kappa shape index (κ2) is 7.20. The van der Waals surface area contributed by atoms with E-state index in [1.807, 2.05) is 18.2 Å². The molecular weight excluding hydrogens is 286 g/mol. The van der Waals surface area contributed by atoms with Crippen LogP contribution >= 0.6 is 0 Å². The lowest BCUT2D eigenvalue weighted by atomic mass is 10.0. The number of benzene rings is 1. The molecule has 3 rings (SSSR count). The molecule has 0 fully saturated rings. The molecule has 0 unspecified atom stereocenters. The Kier molecular flexibility index (Phi) is 4.83. The van der Waals surface area contributed by atoms with E-state index in [9.17, 15) is 0 Å². The first-order valence-corrected chi connectivity index (χ1v) is 7.82. The van der Waals surface area contributed by atoms with E-state index in [2.05, 4.69) is 59.3 Å². The van der Waals surface area contributed by atoms with Crippen molar-refractivity contribution in [3.8, 4) is 11.3 Å². The van der Waals surface area contributed by atoms with Crippen molar-refractivity contribution >= 4 is 0 Å². The van der Waals surface area contributed by atoms with E-state index in [4.69, 9.17) is 4.52 Å². The standard InChI is InChI=1S/C19H21N3O/c1-15(16-7-4-3-5-8-16)13-22(2)14-18-11-19(21-23-18)17-9-6-10-20-12-17/h3-12,15H,13-14H2,1-2H3/t15-/m1/s1. The summed E-state index contributed by atoms with van der Waals surface area (Å²) in [5.74, 6) is 1.34. The van der Waals surface area contributed by atoms with Crippen LogP contribution in [-0.4, -0.2) is 28.6 Å². The fourth-order valence-electron chi connectivity index (χ4n) is 2.72. The molecule has 118 valence electrons. The van der Waals surface area contributed by atoms with Gasteiger partial charge in [-0.3, -0.25) is 9.88 Å². The highest BCUT2D eigenvalue weighted by Gasteiger charge is 2.12. The fraction of sp³-hybridized carbons (Fsp3) is 0.263. The average molecular weight is 307 g/mol. The minimum absolute atomic E-state index is 0.474. The highest BCUT2D eigenvalue weighted by atomic mass is 16.5. The smallest absolute Gasteiger partial charge is 0.151 e. The molecule has 0 N–H and O–H groups in total. The van der Waals surface area contributed by atoms with Crippen molar-refractivity contribution in [1.82, 2.24) is 15.0 Å². The number of pyridine rings is 1. The summed E-state index contributed by atoms with van der Waals surface area (Å²) in [5.41, 5.74) is 3.16. The Bertz CT molecular complexity index is 725. The zero-order valence-electron chi connectivity index (χ0n) is 13.5. The second-order valence-corrected chi connectivity index (χ2v) is 5.93. The molecule has 3 aromatic rings. The van der Waals surface area contributed by atoms with E-state index in [1.165, 1.54) is 5.56 Å². The number of nitrogens with zero attached hydrogens (tertiary/aromatic N) is 3. The Morgan fingerprint density at radius 2 is 1.96 bits per heavy atom. The van der Waals surface area contributed by atoms with Gasteiger partial charge in [-0.1, -0.05) is 42.4 Å². The maximum Gasteiger partial charge on any atom is 0.151 e. The first-order chi connectivity index (χ1) is 11.2. The maximum absolute atomic E-state index is 5.46. The summed E-state index contributed by atoms with van der Waals surface area (Å²) >= 11 is 0. The van der Waals surface area contributed by atoms with Crippen molar-refractivity contribution in [2.24, 2.45) is 0 Å². The van der Waals surface area contributed by atoms with E-state index in [0.29, 0.717) is 5.92 Å². The van der Waals surface area contributed by atoms with E-state index in [0.717, 1.165) is 30.1 Å². The summed E-state index contributed by atoms with van der Waals surface area (Å²) in [4.78, 5) is 6.37. The lowest BCUT2D eigenvalue weighted by molar-refractivity contribution is 0.263. The molecule has 0 radical (unpaired) electrons. The molecule has 1 aromatic carbocycles. The van der Waals surface area contributed by atoms with Crippen LogP contribution in [0.2, 0.25) is 0 Å². The summed E-state index contributed by atoms with van der Waals surface area (Å²) < 4.78 is 5.46. The highest BCUT2D eigenvalue weighted by Crippen LogP contribution is 2.20. The van der Waals surface area contributed by atoms with Crippen molar-refractivity contribution in [1.29, 1.82) is 0 Å². The molecule has 0 aliphatic rings. The van der Waals surface area contributed by atoms with Crippen LogP contribution < -0.4 is 0 Å². The molecule has 1 atom stereocenters. The van der Waals surface area contributed by atoms with Crippen molar-refractivity contribution in [3.63, 3.8) is 0 Å². The SMILES string of the molecule is C[C@H](CN(C)Cc1cc(-c2cccnc2)no1)c1ccccc1. The summed E-state index contributed by atoms with van der Waals surface area (Å²) in [6, 6.07) is 16.4. The normalized spacial score (nSPS) is 12.5. The van der Waals surface area contributed by atoms with Gasteiger partial charge in [0.1, 0.15) is 5.69 Å². The van der Waals surface area contributed by atoms with Gasteiger partial charge >= 0.3 is 0 Å². The van der Waals surface area contributed by atoms with Crippen LogP contribution in [0.1, 0.15) is 24.2 Å². The van der Waals surface area contributed by atoms with Gasteiger partial charge in [0.25, 0.3) is 0 Å². The van der Waals surface area contributed by atoms with Crippen LogP contribution in [-0.2, 0) is 6.54 Å². The second-order valence-electron chi connectivity index (χ2n) is 5.93. The molecule has 0 spiro atoms. The first-order valence-electron chi connectivity index (χ1n) is 7.82. The number of rotatable bonds is 6. The summed E-state index contributed by atoms with van der Waals surface area (Å²) in [6.07, 6.45) is 3.55. The lowest BCUT2D eigenvalue weighted by Crippen LogP contribution is -2.22. The van der Waals surface area contributed by atoms with Gasteiger partial charge in [0.05, 0.1) is 6.54 Å². The van der Waals surface area contributed by atoms with Crippen LogP contribution in [0, 0.1) is 0 Å². The predicted octanol–water partition coefficient (Wildman–Crippen LogP) is 3.97. The van der Waals surface area contributed by atoms with Gasteiger partial charge in [0.2, 0.25) is 0 Å². The number of hydrogen-bond acceptors (Lipinski definition) is 4. The van der Waals surface area contributed by atoms with E-state index in [-0.39, 0.29) is 0 Å². The Morgan fingerprint density at radius 1 is 1.13 bits per heavy atom. The molecule has 4 nitrogen and oxygen atoms in total. The molecule has 0 amide bonds. The topological polar surface area (TPSA) is 42.2 Å². The molecule has 0 aliphatic heterocycles. The van der Waals surface area contributed by atoms with Gasteiger partial charge in [0.15, 0.2) is 5.76 Å². The monoisotopic (exact) mass is 307 g/mol. The third kappa shape index (κ3) is 4.05. The van der Waals surface area contributed by atoms with Gasteiger partial charge < -0.3 is 4.52 Å². The molecule has 2 aromatic heterocycles.